The highest BCUT2D eigenvalue weighted by Gasteiger charge is 2.17. The van der Waals surface area contributed by atoms with Gasteiger partial charge < -0.3 is 16.4 Å². The van der Waals surface area contributed by atoms with Gasteiger partial charge in [0.25, 0.3) is 5.91 Å². The van der Waals surface area contributed by atoms with Crippen molar-refractivity contribution in [2.75, 3.05) is 11.9 Å². The van der Waals surface area contributed by atoms with Crippen LogP contribution in [0.5, 0.6) is 0 Å². The van der Waals surface area contributed by atoms with Gasteiger partial charge in [0.15, 0.2) is 0 Å². The summed E-state index contributed by atoms with van der Waals surface area (Å²) >= 11 is 0. The molecule has 0 unspecified atom stereocenters. The zero-order valence-corrected chi connectivity index (χ0v) is 11.5. The number of benzene rings is 1. The van der Waals surface area contributed by atoms with Crippen molar-refractivity contribution < 1.29 is 9.59 Å². The Kier molecular flexibility index (Phi) is 5.32. The number of hydrogen-bond donors (Lipinski definition) is 3. The molecule has 4 N–H and O–H groups in total. The van der Waals surface area contributed by atoms with Crippen LogP contribution >= 0.6 is 12.4 Å². The molecule has 0 radical (unpaired) electrons. The van der Waals surface area contributed by atoms with E-state index in [-0.39, 0.29) is 30.3 Å². The average molecular weight is 284 g/mol. The molecule has 104 valence electrons. The number of nitrogens with one attached hydrogen (secondary N) is 2. The fourth-order valence-corrected chi connectivity index (χ4v) is 1.89. The van der Waals surface area contributed by atoms with Crippen molar-refractivity contribution in [3.8, 4) is 0 Å². The number of carbonyl (C=O) groups excluding carboxylic acids is 2. The molecule has 2 amide bonds. The van der Waals surface area contributed by atoms with Gasteiger partial charge in [0.2, 0.25) is 5.91 Å². The first-order chi connectivity index (χ1) is 8.60. The Morgan fingerprint density at radius 2 is 2.21 bits per heavy atom. The Balaban J connectivity index is 0.00000180. The molecule has 0 aliphatic carbocycles. The first-order valence-corrected chi connectivity index (χ1v) is 6.04. The third-order valence-corrected chi connectivity index (χ3v) is 2.99. The quantitative estimate of drug-likeness (QED) is 0.776. The number of amides is 2. The van der Waals surface area contributed by atoms with Crippen LogP contribution in [0.15, 0.2) is 18.2 Å². The highest BCUT2D eigenvalue weighted by molar-refractivity contribution is 5.98. The number of carbonyl (C=O) groups is 2. The first kappa shape index (κ1) is 15.5. The smallest absolute Gasteiger partial charge is 0.251 e. The van der Waals surface area contributed by atoms with E-state index < -0.39 is 0 Å². The van der Waals surface area contributed by atoms with Crippen LogP contribution in [0.2, 0.25) is 0 Å². The Hall–Kier alpha value is -1.59. The third-order valence-electron chi connectivity index (χ3n) is 2.99. The zero-order chi connectivity index (χ0) is 13.1. The molecule has 2 rings (SSSR count). The molecular weight excluding hydrogens is 266 g/mol. The summed E-state index contributed by atoms with van der Waals surface area (Å²) in [7, 11) is 0. The summed E-state index contributed by atoms with van der Waals surface area (Å²) in [6, 6.07) is 5.26. The molecule has 0 fully saturated rings. The highest BCUT2D eigenvalue weighted by atomic mass is 35.5. The molecule has 0 bridgehead atoms. The second-order valence-corrected chi connectivity index (χ2v) is 4.53. The predicted octanol–water partition coefficient (Wildman–Crippen LogP) is 1.07. The summed E-state index contributed by atoms with van der Waals surface area (Å²) in [5.74, 6) is -0.107. The van der Waals surface area contributed by atoms with Gasteiger partial charge in [0.05, 0.1) is 0 Å². The SMILES string of the molecule is C[C@H](CN)NC(=O)c1ccc2c(c1)CCC(=O)N2.Cl. The number of hydrogen-bond acceptors (Lipinski definition) is 3. The summed E-state index contributed by atoms with van der Waals surface area (Å²) < 4.78 is 0. The molecule has 1 aliphatic rings. The molecule has 0 aromatic heterocycles. The molecule has 1 aliphatic heterocycles. The molecule has 1 atom stereocenters. The lowest BCUT2D eigenvalue weighted by atomic mass is 10.00. The van der Waals surface area contributed by atoms with E-state index in [1.54, 1.807) is 12.1 Å². The Morgan fingerprint density at radius 3 is 2.89 bits per heavy atom. The van der Waals surface area contributed by atoms with Crippen molar-refractivity contribution in [3.63, 3.8) is 0 Å². The third kappa shape index (κ3) is 3.68. The van der Waals surface area contributed by atoms with Crippen LogP contribution in [0.1, 0.15) is 29.3 Å². The largest absolute Gasteiger partial charge is 0.348 e. The number of anilines is 1. The average Bonchev–Trinajstić information content (AvgIpc) is 2.37. The predicted molar refractivity (Wildman–Crippen MR) is 76.6 cm³/mol. The van der Waals surface area contributed by atoms with E-state index in [1.807, 2.05) is 13.0 Å². The number of fused-ring (bicyclic) bond motifs is 1. The van der Waals surface area contributed by atoms with E-state index in [1.165, 1.54) is 0 Å². The molecule has 1 heterocycles. The molecule has 6 heteroatoms. The monoisotopic (exact) mass is 283 g/mol. The van der Waals surface area contributed by atoms with Crippen molar-refractivity contribution in [2.45, 2.75) is 25.8 Å². The van der Waals surface area contributed by atoms with Gasteiger partial charge in [0.1, 0.15) is 0 Å². The minimum absolute atomic E-state index is 0. The van der Waals surface area contributed by atoms with Crippen molar-refractivity contribution in [2.24, 2.45) is 5.73 Å². The highest BCUT2D eigenvalue weighted by Crippen LogP contribution is 2.23. The Morgan fingerprint density at radius 1 is 1.47 bits per heavy atom. The van der Waals surface area contributed by atoms with Crippen LogP contribution in [0, 0.1) is 0 Å². The molecule has 19 heavy (non-hydrogen) atoms. The van der Waals surface area contributed by atoms with Gasteiger partial charge in [0, 0.05) is 30.3 Å². The van der Waals surface area contributed by atoms with Gasteiger partial charge in [-0.05, 0) is 37.1 Å². The Bertz CT molecular complexity index is 491. The van der Waals surface area contributed by atoms with Crippen LogP contribution in [0.25, 0.3) is 0 Å². The molecule has 0 saturated carbocycles. The van der Waals surface area contributed by atoms with Gasteiger partial charge in [-0.3, -0.25) is 9.59 Å². The maximum absolute atomic E-state index is 11.9. The van der Waals surface area contributed by atoms with Crippen molar-refractivity contribution >= 4 is 29.9 Å². The molecule has 5 nitrogen and oxygen atoms in total. The number of nitrogens with two attached hydrogens (primary N) is 1. The topological polar surface area (TPSA) is 84.2 Å². The summed E-state index contributed by atoms with van der Waals surface area (Å²) in [4.78, 5) is 23.1. The number of halogens is 1. The maximum atomic E-state index is 11.9. The van der Waals surface area contributed by atoms with Crippen molar-refractivity contribution in [1.82, 2.24) is 5.32 Å². The minimum atomic E-state index is -0.132. The van der Waals surface area contributed by atoms with E-state index in [0.717, 1.165) is 11.3 Å². The molecule has 0 spiro atoms. The number of rotatable bonds is 3. The summed E-state index contributed by atoms with van der Waals surface area (Å²) in [6.45, 7) is 2.27. The van der Waals surface area contributed by atoms with Crippen molar-refractivity contribution in [3.05, 3.63) is 29.3 Å². The van der Waals surface area contributed by atoms with E-state index in [4.69, 9.17) is 5.73 Å². The van der Waals surface area contributed by atoms with Crippen LogP contribution in [0.3, 0.4) is 0 Å². The summed E-state index contributed by atoms with van der Waals surface area (Å²) in [6.07, 6.45) is 1.14. The second-order valence-electron chi connectivity index (χ2n) is 4.53. The van der Waals surface area contributed by atoms with Gasteiger partial charge in [-0.2, -0.15) is 0 Å². The maximum Gasteiger partial charge on any atom is 0.251 e. The lowest BCUT2D eigenvalue weighted by molar-refractivity contribution is -0.116. The van der Waals surface area contributed by atoms with E-state index >= 15 is 0 Å². The van der Waals surface area contributed by atoms with Gasteiger partial charge in [-0.25, -0.2) is 0 Å². The van der Waals surface area contributed by atoms with Crippen LogP contribution in [-0.4, -0.2) is 24.4 Å². The Labute approximate surface area is 118 Å². The van der Waals surface area contributed by atoms with E-state index in [9.17, 15) is 9.59 Å². The van der Waals surface area contributed by atoms with Crippen LogP contribution in [-0.2, 0) is 11.2 Å². The molecular formula is C13H18ClN3O2. The number of aryl methyl sites for hydroxylation is 1. The standard InChI is InChI=1S/C13H17N3O2.ClH/c1-8(7-14)15-13(18)10-2-4-11-9(6-10)3-5-12(17)16-11;/h2,4,6,8H,3,5,7,14H2,1H3,(H,15,18)(H,16,17);1H/t8-;/m1./s1. The van der Waals surface area contributed by atoms with Gasteiger partial charge in [-0.1, -0.05) is 0 Å². The minimum Gasteiger partial charge on any atom is -0.348 e. The lowest BCUT2D eigenvalue weighted by Crippen LogP contribution is -2.37. The van der Waals surface area contributed by atoms with Crippen LogP contribution < -0.4 is 16.4 Å². The second kappa shape index (κ2) is 6.54. The fourth-order valence-electron chi connectivity index (χ4n) is 1.89. The lowest BCUT2D eigenvalue weighted by Gasteiger charge is -2.18. The molecule has 1 aromatic carbocycles. The van der Waals surface area contributed by atoms with E-state index in [0.29, 0.717) is 24.9 Å². The molecule has 0 saturated heterocycles. The summed E-state index contributed by atoms with van der Waals surface area (Å²) in [5.41, 5.74) is 7.87. The zero-order valence-electron chi connectivity index (χ0n) is 10.7. The molecule has 1 aromatic rings. The first-order valence-electron chi connectivity index (χ1n) is 6.04. The van der Waals surface area contributed by atoms with Gasteiger partial charge in [-0.15, -0.1) is 12.4 Å². The summed E-state index contributed by atoms with van der Waals surface area (Å²) in [5, 5.41) is 5.60. The normalized spacial score (nSPS) is 14.7. The van der Waals surface area contributed by atoms with Gasteiger partial charge >= 0.3 is 0 Å². The van der Waals surface area contributed by atoms with Crippen molar-refractivity contribution in [1.29, 1.82) is 0 Å². The fraction of sp³-hybridized carbons (Fsp3) is 0.385. The van der Waals surface area contributed by atoms with Crippen LogP contribution in [0.4, 0.5) is 5.69 Å². The van der Waals surface area contributed by atoms with E-state index in [2.05, 4.69) is 10.6 Å².